The minimum absolute atomic E-state index is 0.134. The molecule has 8 nitrogen and oxygen atoms in total. The van der Waals surface area contributed by atoms with Gasteiger partial charge in [-0.2, -0.15) is 23.1 Å². The number of piperazine rings is 1. The van der Waals surface area contributed by atoms with E-state index in [1.165, 1.54) is 24.2 Å². The Morgan fingerprint density at radius 1 is 0.848 bits per heavy atom. The smallest absolute Gasteiger partial charge is 0.368 e. The summed E-state index contributed by atoms with van der Waals surface area (Å²) in [6.45, 7) is 3.31. The Morgan fingerprint density at radius 3 is 2.20 bits per heavy atom. The topological polar surface area (TPSA) is 78.3 Å². The number of anilines is 3. The highest BCUT2D eigenvalue weighted by Crippen LogP contribution is 2.30. The van der Waals surface area contributed by atoms with E-state index in [2.05, 4.69) is 32.6 Å². The number of carbonyl (C=O) groups excluding carboxylic acids is 1. The van der Waals surface area contributed by atoms with Gasteiger partial charge in [0.1, 0.15) is 17.7 Å². The zero-order chi connectivity index (χ0) is 31.9. The minimum Gasteiger partial charge on any atom is -0.368 e. The van der Waals surface area contributed by atoms with E-state index in [1.54, 1.807) is 0 Å². The second-order valence-corrected chi connectivity index (χ2v) is 12.2. The van der Waals surface area contributed by atoms with Crippen molar-refractivity contribution < 1.29 is 18.0 Å². The molecule has 2 aliphatic rings. The maximum absolute atomic E-state index is 13.7. The lowest BCUT2D eigenvalue weighted by Gasteiger charge is -2.36. The third kappa shape index (κ3) is 7.99. The lowest BCUT2D eigenvalue weighted by molar-refractivity contribution is -0.137. The van der Waals surface area contributed by atoms with Gasteiger partial charge in [-0.05, 0) is 54.3 Å². The van der Waals surface area contributed by atoms with Gasteiger partial charge in [-0.15, -0.1) is 0 Å². The highest BCUT2D eigenvalue weighted by atomic mass is 19.4. The third-order valence-corrected chi connectivity index (χ3v) is 8.93. The molecular formula is C35H40F3N7O. The summed E-state index contributed by atoms with van der Waals surface area (Å²) in [7, 11) is 0. The van der Waals surface area contributed by atoms with Crippen LogP contribution in [0.1, 0.15) is 49.7 Å². The molecule has 1 saturated heterocycles. The summed E-state index contributed by atoms with van der Waals surface area (Å²) in [4.78, 5) is 28.0. The van der Waals surface area contributed by atoms with Gasteiger partial charge in [0.2, 0.25) is 11.9 Å². The quantitative estimate of drug-likeness (QED) is 0.203. The van der Waals surface area contributed by atoms with Crippen molar-refractivity contribution in [2.24, 2.45) is 5.92 Å². The molecule has 0 radical (unpaired) electrons. The standard InChI is InChI=1S/C35H40F3N7O/c36-35(37,38)28-15-13-27(14-16-28)25-39-33(46)30(23-26-9-3-1-4-10-26)40-31-24-32(44-17-7-8-18-44)42-34(41-31)45-21-19-43(20-22-45)29-11-5-2-6-12-29/h2,5-8,11-18,24,26,30H,1,3-4,9-10,19-23,25H2,(H,39,46)(H,40,41,42). The second-order valence-electron chi connectivity index (χ2n) is 12.2. The van der Waals surface area contributed by atoms with Gasteiger partial charge in [-0.25, -0.2) is 0 Å². The third-order valence-electron chi connectivity index (χ3n) is 8.93. The first-order chi connectivity index (χ1) is 22.3. The van der Waals surface area contributed by atoms with Crippen LogP contribution in [-0.2, 0) is 17.5 Å². The fourth-order valence-corrected chi connectivity index (χ4v) is 6.35. The van der Waals surface area contributed by atoms with Crippen LogP contribution >= 0.6 is 0 Å². The average Bonchev–Trinajstić information content (AvgIpc) is 3.63. The van der Waals surface area contributed by atoms with Gasteiger partial charge in [-0.3, -0.25) is 4.79 Å². The van der Waals surface area contributed by atoms with Crippen LogP contribution in [0.25, 0.3) is 5.82 Å². The van der Waals surface area contributed by atoms with Crippen LogP contribution in [0.4, 0.5) is 30.6 Å². The Kier molecular flexibility index (Phi) is 9.75. The molecule has 2 aromatic carbocycles. The van der Waals surface area contributed by atoms with E-state index >= 15 is 0 Å². The van der Waals surface area contributed by atoms with Gasteiger partial charge < -0.3 is 25.0 Å². The van der Waals surface area contributed by atoms with Crippen molar-refractivity contribution in [2.75, 3.05) is 41.3 Å². The molecule has 11 heteroatoms. The van der Waals surface area contributed by atoms with Crippen molar-refractivity contribution in [3.8, 4) is 5.82 Å². The summed E-state index contributed by atoms with van der Waals surface area (Å²) in [6.07, 6.45) is 5.75. The molecule has 242 valence electrons. The molecule has 0 spiro atoms. The molecule has 6 rings (SSSR count). The van der Waals surface area contributed by atoms with Crippen molar-refractivity contribution in [2.45, 2.75) is 57.3 Å². The fourth-order valence-electron chi connectivity index (χ4n) is 6.35. The molecule has 3 heterocycles. The molecule has 4 aromatic rings. The number of halogens is 3. The first kappa shape index (κ1) is 31.4. The number of hydrogen-bond donors (Lipinski definition) is 2. The number of carbonyl (C=O) groups is 1. The van der Waals surface area contributed by atoms with Gasteiger partial charge in [0, 0.05) is 56.9 Å². The Hall–Kier alpha value is -4.54. The van der Waals surface area contributed by atoms with Crippen molar-refractivity contribution in [1.29, 1.82) is 0 Å². The van der Waals surface area contributed by atoms with Crippen LogP contribution in [0.15, 0.2) is 85.2 Å². The molecule has 46 heavy (non-hydrogen) atoms. The predicted molar refractivity (Wildman–Crippen MR) is 174 cm³/mol. The van der Waals surface area contributed by atoms with E-state index in [1.807, 2.05) is 53.4 Å². The normalized spacial score (nSPS) is 16.7. The Balaban J connectivity index is 1.20. The molecule has 2 fully saturated rings. The monoisotopic (exact) mass is 631 g/mol. The number of nitrogens with one attached hydrogen (secondary N) is 2. The number of aromatic nitrogens is 3. The first-order valence-corrected chi connectivity index (χ1v) is 16.1. The van der Waals surface area contributed by atoms with E-state index in [9.17, 15) is 18.0 Å². The Bertz CT molecular complexity index is 1550. The van der Waals surface area contributed by atoms with E-state index in [0.29, 0.717) is 35.5 Å². The minimum atomic E-state index is -4.40. The van der Waals surface area contributed by atoms with Crippen LogP contribution in [0.3, 0.4) is 0 Å². The summed E-state index contributed by atoms with van der Waals surface area (Å²) in [5, 5.41) is 6.41. The number of rotatable bonds is 10. The maximum atomic E-state index is 13.7. The number of nitrogens with zero attached hydrogens (tertiary/aromatic N) is 5. The molecular weight excluding hydrogens is 591 g/mol. The number of hydrogen-bond acceptors (Lipinski definition) is 6. The highest BCUT2D eigenvalue weighted by molar-refractivity contribution is 5.84. The van der Waals surface area contributed by atoms with Crippen LogP contribution in [0, 0.1) is 5.92 Å². The largest absolute Gasteiger partial charge is 0.416 e. The molecule has 1 amide bonds. The number of alkyl halides is 3. The van der Waals surface area contributed by atoms with Crippen molar-refractivity contribution in [3.63, 3.8) is 0 Å². The zero-order valence-electron chi connectivity index (χ0n) is 25.8. The molecule has 0 bridgehead atoms. The van der Waals surface area contributed by atoms with Crippen LogP contribution in [0.2, 0.25) is 0 Å². The lowest BCUT2D eigenvalue weighted by atomic mass is 9.84. The first-order valence-electron chi connectivity index (χ1n) is 16.1. The van der Waals surface area contributed by atoms with Gasteiger partial charge >= 0.3 is 6.18 Å². The number of benzene rings is 2. The van der Waals surface area contributed by atoms with Crippen LogP contribution in [0.5, 0.6) is 0 Å². The zero-order valence-corrected chi connectivity index (χ0v) is 25.8. The SMILES string of the molecule is O=C(NCc1ccc(C(F)(F)F)cc1)C(CC1CCCCC1)Nc1cc(-n2cccc2)nc(N2CCN(c3ccccc3)CC2)n1. The summed E-state index contributed by atoms with van der Waals surface area (Å²) in [5.74, 6) is 2.06. The fraction of sp³-hybridized carbons (Fsp3) is 0.400. The van der Waals surface area contributed by atoms with E-state index in [4.69, 9.17) is 9.97 Å². The van der Waals surface area contributed by atoms with E-state index < -0.39 is 17.8 Å². The summed E-state index contributed by atoms with van der Waals surface area (Å²) in [5.41, 5.74) is 1.09. The van der Waals surface area contributed by atoms with Crippen molar-refractivity contribution in [3.05, 3.63) is 96.3 Å². The average molecular weight is 632 g/mol. The van der Waals surface area contributed by atoms with E-state index in [-0.39, 0.29) is 12.5 Å². The van der Waals surface area contributed by atoms with Gasteiger partial charge in [0.25, 0.3) is 0 Å². The van der Waals surface area contributed by atoms with E-state index in [0.717, 1.165) is 64.0 Å². The van der Waals surface area contributed by atoms with Crippen molar-refractivity contribution >= 4 is 23.4 Å². The highest BCUT2D eigenvalue weighted by Gasteiger charge is 2.30. The Labute approximate surface area is 267 Å². The molecule has 1 unspecified atom stereocenters. The van der Waals surface area contributed by atoms with Crippen LogP contribution < -0.4 is 20.4 Å². The molecule has 2 N–H and O–H groups in total. The molecule has 2 aromatic heterocycles. The van der Waals surface area contributed by atoms with Crippen LogP contribution in [-0.4, -0.2) is 52.7 Å². The summed E-state index contributed by atoms with van der Waals surface area (Å²) in [6, 6.07) is 20.4. The molecule has 1 atom stereocenters. The second kappa shape index (κ2) is 14.3. The molecule has 1 aliphatic heterocycles. The predicted octanol–water partition coefficient (Wildman–Crippen LogP) is 6.68. The molecule has 1 aliphatic carbocycles. The maximum Gasteiger partial charge on any atom is 0.416 e. The Morgan fingerprint density at radius 2 is 1.52 bits per heavy atom. The van der Waals surface area contributed by atoms with Gasteiger partial charge in [-0.1, -0.05) is 62.4 Å². The number of para-hydroxylation sites is 1. The summed E-state index contributed by atoms with van der Waals surface area (Å²) < 4.78 is 41.0. The number of amides is 1. The lowest BCUT2D eigenvalue weighted by Crippen LogP contribution is -2.47. The van der Waals surface area contributed by atoms with Gasteiger partial charge in [0.15, 0.2) is 0 Å². The van der Waals surface area contributed by atoms with Gasteiger partial charge in [0.05, 0.1) is 5.56 Å². The molecule has 1 saturated carbocycles. The van der Waals surface area contributed by atoms with Crippen molar-refractivity contribution in [1.82, 2.24) is 19.9 Å². The summed E-state index contributed by atoms with van der Waals surface area (Å²) >= 11 is 0.